The van der Waals surface area contributed by atoms with E-state index >= 15 is 0 Å². The zero-order chi connectivity index (χ0) is 14.5. The summed E-state index contributed by atoms with van der Waals surface area (Å²) in [5, 5.41) is 10.3. The van der Waals surface area contributed by atoms with E-state index in [0.717, 1.165) is 5.56 Å². The van der Waals surface area contributed by atoms with Crippen molar-refractivity contribution in [2.75, 3.05) is 20.2 Å². The van der Waals surface area contributed by atoms with E-state index in [4.69, 9.17) is 16.3 Å². The van der Waals surface area contributed by atoms with E-state index in [9.17, 15) is 9.90 Å². The van der Waals surface area contributed by atoms with E-state index in [-0.39, 0.29) is 5.97 Å². The number of esters is 1. The van der Waals surface area contributed by atoms with E-state index in [0.29, 0.717) is 24.5 Å². The number of rotatable bonds is 2. The third-order valence-corrected chi connectivity index (χ3v) is 3.47. The second-order valence-electron chi connectivity index (χ2n) is 4.67. The van der Waals surface area contributed by atoms with E-state index in [1.54, 1.807) is 12.1 Å². The second-order valence-corrected chi connectivity index (χ2v) is 5.10. The number of aliphatic hydroxyl groups excluding tert-OH is 1. The number of carbonyl (C=O) groups excluding carboxylic acids is 1. The Morgan fingerprint density at radius 1 is 1.50 bits per heavy atom. The first-order chi connectivity index (χ1) is 9.60. The van der Waals surface area contributed by atoms with Gasteiger partial charge in [0.05, 0.1) is 19.8 Å². The van der Waals surface area contributed by atoms with Gasteiger partial charge in [0.25, 0.3) is 0 Å². The first-order valence-electron chi connectivity index (χ1n) is 6.34. The molecule has 0 unspecified atom stereocenters. The predicted molar refractivity (Wildman–Crippen MR) is 76.3 cm³/mol. The van der Waals surface area contributed by atoms with Crippen molar-refractivity contribution in [3.8, 4) is 11.8 Å². The van der Waals surface area contributed by atoms with Crippen molar-refractivity contribution in [2.24, 2.45) is 0 Å². The molecule has 0 amide bonds. The summed E-state index contributed by atoms with van der Waals surface area (Å²) in [5.41, 5.74) is 0.865. The largest absolute Gasteiger partial charge is 0.468 e. The molecule has 2 atom stereocenters. The molecule has 1 fully saturated rings. The van der Waals surface area contributed by atoms with Gasteiger partial charge in [0.1, 0.15) is 6.04 Å². The Balaban J connectivity index is 1.99. The minimum atomic E-state index is -0.503. The Hall–Kier alpha value is -1.54. The van der Waals surface area contributed by atoms with Crippen LogP contribution >= 0.6 is 11.6 Å². The summed E-state index contributed by atoms with van der Waals surface area (Å²) in [6.07, 6.45) is -0.105. The third kappa shape index (κ3) is 3.73. The lowest BCUT2D eigenvalue weighted by Crippen LogP contribution is -2.37. The van der Waals surface area contributed by atoms with Crippen molar-refractivity contribution in [3.63, 3.8) is 0 Å². The number of nitrogens with zero attached hydrogens (tertiary/aromatic N) is 1. The van der Waals surface area contributed by atoms with Crippen molar-refractivity contribution in [2.45, 2.75) is 18.6 Å². The number of carbonyl (C=O) groups is 1. The Morgan fingerprint density at radius 3 is 2.85 bits per heavy atom. The molecule has 1 aliphatic heterocycles. The summed E-state index contributed by atoms with van der Waals surface area (Å²) in [5.74, 6) is 5.69. The smallest absolute Gasteiger partial charge is 0.323 e. The van der Waals surface area contributed by atoms with Gasteiger partial charge < -0.3 is 9.84 Å². The first kappa shape index (κ1) is 14.9. The molecule has 0 radical (unpaired) electrons. The highest BCUT2D eigenvalue weighted by Gasteiger charge is 2.36. The quantitative estimate of drug-likeness (QED) is 0.660. The van der Waals surface area contributed by atoms with Crippen molar-refractivity contribution < 1.29 is 14.6 Å². The molecule has 5 heteroatoms. The molecule has 0 aromatic heterocycles. The Bertz CT molecular complexity index is 532. The Labute approximate surface area is 123 Å². The number of halogens is 1. The zero-order valence-electron chi connectivity index (χ0n) is 11.2. The number of benzene rings is 1. The summed E-state index contributed by atoms with van der Waals surface area (Å²) in [6.45, 7) is 0.856. The monoisotopic (exact) mass is 293 g/mol. The maximum atomic E-state index is 11.6. The highest BCUT2D eigenvalue weighted by atomic mass is 35.5. The van der Waals surface area contributed by atoms with Crippen LogP contribution < -0.4 is 0 Å². The summed E-state index contributed by atoms with van der Waals surface area (Å²) in [7, 11) is 1.35. The summed E-state index contributed by atoms with van der Waals surface area (Å²) in [4.78, 5) is 13.4. The number of hydrogen-bond acceptors (Lipinski definition) is 4. The minimum Gasteiger partial charge on any atom is -0.468 e. The van der Waals surface area contributed by atoms with Crippen LogP contribution in [-0.2, 0) is 9.53 Å². The van der Waals surface area contributed by atoms with E-state index in [1.165, 1.54) is 7.11 Å². The van der Waals surface area contributed by atoms with Gasteiger partial charge in [-0.25, -0.2) is 0 Å². The van der Waals surface area contributed by atoms with Gasteiger partial charge in [0, 0.05) is 23.6 Å². The number of hydrogen-bond donors (Lipinski definition) is 1. The number of ether oxygens (including phenoxy) is 1. The van der Waals surface area contributed by atoms with E-state index < -0.39 is 12.1 Å². The molecule has 1 aromatic rings. The Kier molecular flexibility index (Phi) is 5.02. The van der Waals surface area contributed by atoms with Gasteiger partial charge in [-0.1, -0.05) is 23.4 Å². The lowest BCUT2D eigenvalue weighted by Gasteiger charge is -2.18. The van der Waals surface area contributed by atoms with Crippen LogP contribution in [-0.4, -0.2) is 48.3 Å². The molecule has 0 aliphatic carbocycles. The van der Waals surface area contributed by atoms with Crippen LogP contribution in [0.4, 0.5) is 0 Å². The third-order valence-electron chi connectivity index (χ3n) is 3.21. The minimum absolute atomic E-state index is 0.324. The molecular weight excluding hydrogens is 278 g/mol. The van der Waals surface area contributed by atoms with Crippen LogP contribution in [0.1, 0.15) is 12.0 Å². The van der Waals surface area contributed by atoms with Gasteiger partial charge in [0.15, 0.2) is 0 Å². The molecule has 20 heavy (non-hydrogen) atoms. The maximum absolute atomic E-state index is 11.6. The molecule has 1 aromatic carbocycles. The average Bonchev–Trinajstić information content (AvgIpc) is 2.81. The topological polar surface area (TPSA) is 49.8 Å². The fraction of sp³-hybridized carbons (Fsp3) is 0.400. The van der Waals surface area contributed by atoms with Crippen LogP contribution in [0.3, 0.4) is 0 Å². The molecule has 1 N–H and O–H groups in total. The van der Waals surface area contributed by atoms with Crippen molar-refractivity contribution >= 4 is 17.6 Å². The fourth-order valence-corrected chi connectivity index (χ4v) is 2.34. The summed E-state index contributed by atoms with van der Waals surface area (Å²) < 4.78 is 4.74. The van der Waals surface area contributed by atoms with Gasteiger partial charge in [0.2, 0.25) is 0 Å². The number of β-amino-alcohol motifs (C(OH)–C–C–N with tert-alkyl or cyclic N) is 1. The van der Waals surface area contributed by atoms with Crippen LogP contribution in [0.5, 0.6) is 0 Å². The van der Waals surface area contributed by atoms with Gasteiger partial charge >= 0.3 is 5.97 Å². The van der Waals surface area contributed by atoms with Crippen LogP contribution in [0.25, 0.3) is 0 Å². The molecule has 1 aliphatic rings. The van der Waals surface area contributed by atoms with Crippen LogP contribution in [0, 0.1) is 11.8 Å². The molecular formula is C15H16ClNO3. The molecule has 0 spiro atoms. The lowest BCUT2D eigenvalue weighted by atomic mass is 10.2. The number of methoxy groups -OCH3 is 1. The molecule has 1 heterocycles. The predicted octanol–water partition coefficient (Wildman–Crippen LogP) is 1.30. The van der Waals surface area contributed by atoms with Gasteiger partial charge in [-0.2, -0.15) is 0 Å². The Morgan fingerprint density at radius 2 is 2.20 bits per heavy atom. The lowest BCUT2D eigenvalue weighted by molar-refractivity contribution is -0.145. The highest BCUT2D eigenvalue weighted by Crippen LogP contribution is 2.18. The highest BCUT2D eigenvalue weighted by molar-refractivity contribution is 6.30. The molecule has 0 saturated carbocycles. The van der Waals surface area contributed by atoms with Crippen LogP contribution in [0.15, 0.2) is 24.3 Å². The van der Waals surface area contributed by atoms with E-state index in [2.05, 4.69) is 11.8 Å². The summed E-state index contributed by atoms with van der Waals surface area (Å²) in [6, 6.07) is 6.83. The van der Waals surface area contributed by atoms with Gasteiger partial charge in [-0.3, -0.25) is 9.69 Å². The SMILES string of the molecule is COC(=O)[C@@H]1C[C@H](O)CN1CC#Cc1ccc(Cl)cc1. The first-order valence-corrected chi connectivity index (χ1v) is 6.72. The van der Waals surface area contributed by atoms with Crippen molar-refractivity contribution in [1.29, 1.82) is 0 Å². The summed E-state index contributed by atoms with van der Waals surface area (Å²) >= 11 is 5.80. The van der Waals surface area contributed by atoms with Crippen molar-refractivity contribution in [1.82, 2.24) is 4.90 Å². The molecule has 106 valence electrons. The average molecular weight is 294 g/mol. The number of likely N-dealkylation sites (tertiary alicyclic amines) is 1. The van der Waals surface area contributed by atoms with Crippen molar-refractivity contribution in [3.05, 3.63) is 34.9 Å². The molecule has 4 nitrogen and oxygen atoms in total. The van der Waals surface area contributed by atoms with E-state index in [1.807, 2.05) is 17.0 Å². The molecule has 2 rings (SSSR count). The molecule has 0 bridgehead atoms. The maximum Gasteiger partial charge on any atom is 0.323 e. The standard InChI is InChI=1S/C15H16ClNO3/c1-20-15(19)14-9-13(18)10-17(14)8-2-3-11-4-6-12(16)7-5-11/h4-7,13-14,18H,8-10H2,1H3/t13-,14-/m0/s1. The zero-order valence-corrected chi connectivity index (χ0v) is 11.9. The van der Waals surface area contributed by atoms with Gasteiger partial charge in [-0.15, -0.1) is 0 Å². The van der Waals surface area contributed by atoms with Gasteiger partial charge in [-0.05, 0) is 24.3 Å². The second kappa shape index (κ2) is 6.76. The normalized spacial score (nSPS) is 22.1. The van der Waals surface area contributed by atoms with Crippen LogP contribution in [0.2, 0.25) is 5.02 Å². The number of aliphatic hydroxyl groups is 1. The fourth-order valence-electron chi connectivity index (χ4n) is 2.21. The molecule has 1 saturated heterocycles.